The quantitative estimate of drug-likeness (QED) is 0.692. The fourth-order valence-corrected chi connectivity index (χ4v) is 5.85. The summed E-state index contributed by atoms with van der Waals surface area (Å²) in [4.78, 5) is 28.0. The summed E-state index contributed by atoms with van der Waals surface area (Å²) in [5.41, 5.74) is 2.49. The maximum Gasteiger partial charge on any atom is 0.292 e. The summed E-state index contributed by atoms with van der Waals surface area (Å²) >= 11 is 5.91. The number of halogens is 1. The van der Waals surface area contributed by atoms with Gasteiger partial charge in [-0.05, 0) is 61.4 Å². The number of hydrogen-bond donors (Lipinski definition) is 1. The van der Waals surface area contributed by atoms with Crippen LogP contribution in [0.1, 0.15) is 17.5 Å². The van der Waals surface area contributed by atoms with E-state index in [2.05, 4.69) is 0 Å². The number of quaternary nitrogens is 1. The van der Waals surface area contributed by atoms with Gasteiger partial charge in [0.2, 0.25) is 15.9 Å². The molecule has 4 rings (SSSR count). The Bertz CT molecular complexity index is 1130. The zero-order valence-corrected chi connectivity index (χ0v) is 19.0. The van der Waals surface area contributed by atoms with Gasteiger partial charge in [-0.15, -0.1) is 0 Å². The van der Waals surface area contributed by atoms with Crippen LogP contribution in [-0.2, 0) is 19.6 Å². The second-order valence-electron chi connectivity index (χ2n) is 8.11. The van der Waals surface area contributed by atoms with Crippen LogP contribution in [0.5, 0.6) is 0 Å². The Labute approximate surface area is 187 Å². The molecule has 2 heterocycles. The van der Waals surface area contributed by atoms with E-state index < -0.39 is 16.1 Å². The van der Waals surface area contributed by atoms with Gasteiger partial charge < -0.3 is 4.90 Å². The highest BCUT2D eigenvalue weighted by atomic mass is 35.5. The maximum atomic E-state index is 13.0. The van der Waals surface area contributed by atoms with E-state index >= 15 is 0 Å². The number of aryl methyl sites for hydroxylation is 2. The number of benzene rings is 2. The Hall–Kier alpha value is -2.26. The number of anilines is 1. The Morgan fingerprint density at radius 3 is 2.23 bits per heavy atom. The number of rotatable bonds is 4. The number of carbonyl (C=O) groups is 2. The van der Waals surface area contributed by atoms with Crippen molar-refractivity contribution in [2.75, 3.05) is 31.1 Å². The molecule has 164 valence electrons. The predicted molar refractivity (Wildman–Crippen MR) is 118 cm³/mol. The highest BCUT2D eigenvalue weighted by Crippen LogP contribution is 2.24. The minimum atomic E-state index is -3.59. The van der Waals surface area contributed by atoms with Gasteiger partial charge in [-0.3, -0.25) is 9.59 Å². The fourth-order valence-electron chi connectivity index (χ4n) is 4.20. The van der Waals surface area contributed by atoms with E-state index in [9.17, 15) is 18.0 Å². The molecule has 0 aliphatic carbocycles. The zero-order chi connectivity index (χ0) is 22.3. The fraction of sp³-hybridized carbons (Fsp3) is 0.364. The van der Waals surface area contributed by atoms with Crippen molar-refractivity contribution in [1.82, 2.24) is 4.31 Å². The van der Waals surface area contributed by atoms with Gasteiger partial charge >= 0.3 is 0 Å². The number of amides is 2. The molecule has 2 aliphatic rings. The first-order valence-corrected chi connectivity index (χ1v) is 12.0. The molecule has 0 saturated carbocycles. The average Bonchev–Trinajstić information content (AvgIpc) is 3.05. The lowest BCUT2D eigenvalue weighted by Gasteiger charge is -2.33. The summed E-state index contributed by atoms with van der Waals surface area (Å²) in [7, 11) is -3.59. The summed E-state index contributed by atoms with van der Waals surface area (Å²) in [6, 6.07) is 11.3. The standard InChI is InChI=1S/C22H24ClN3O4S/c1-15-3-8-19(13-16(15)2)31(29,30)25-11-9-24(10-12-25)20-14-21(27)26(22(20)28)18-6-4-17(23)5-7-18/h3-8,13,20H,9-12,14H2,1-2H3/p+1/t20-/m1/s1. The summed E-state index contributed by atoms with van der Waals surface area (Å²) in [6.07, 6.45) is 0.126. The minimum absolute atomic E-state index is 0.126. The SMILES string of the molecule is Cc1ccc(S(=O)(=O)N2CC[NH+]([C@@H]3CC(=O)N(c4ccc(Cl)cc4)C3=O)CC2)cc1C. The number of imide groups is 1. The van der Waals surface area contributed by atoms with Crippen LogP contribution in [0.4, 0.5) is 5.69 Å². The molecule has 0 spiro atoms. The van der Waals surface area contributed by atoms with E-state index in [-0.39, 0.29) is 18.2 Å². The molecule has 1 atom stereocenters. The third-order valence-corrected chi connectivity index (χ3v) is 8.35. The lowest BCUT2D eigenvalue weighted by atomic mass is 10.1. The molecule has 2 saturated heterocycles. The van der Waals surface area contributed by atoms with Gasteiger partial charge in [0.1, 0.15) is 0 Å². The molecule has 0 bridgehead atoms. The summed E-state index contributed by atoms with van der Waals surface area (Å²) in [6.45, 7) is 5.41. The van der Waals surface area contributed by atoms with Crippen molar-refractivity contribution in [3.05, 3.63) is 58.6 Å². The van der Waals surface area contributed by atoms with Crippen LogP contribution in [0, 0.1) is 13.8 Å². The lowest BCUT2D eigenvalue weighted by Crippen LogP contribution is -3.19. The van der Waals surface area contributed by atoms with Crippen LogP contribution in [0.15, 0.2) is 47.4 Å². The van der Waals surface area contributed by atoms with Crippen molar-refractivity contribution < 1.29 is 22.9 Å². The number of carbonyl (C=O) groups excluding carboxylic acids is 2. The van der Waals surface area contributed by atoms with Crippen LogP contribution < -0.4 is 9.80 Å². The van der Waals surface area contributed by atoms with Crippen molar-refractivity contribution in [2.24, 2.45) is 0 Å². The molecule has 0 aromatic heterocycles. The predicted octanol–water partition coefficient (Wildman–Crippen LogP) is 1.18. The monoisotopic (exact) mass is 462 g/mol. The smallest absolute Gasteiger partial charge is 0.292 e. The third-order valence-electron chi connectivity index (χ3n) is 6.21. The number of nitrogens with zero attached hydrogens (tertiary/aromatic N) is 2. The van der Waals surface area contributed by atoms with Crippen molar-refractivity contribution in [3.63, 3.8) is 0 Å². The molecule has 9 heteroatoms. The Morgan fingerprint density at radius 1 is 0.968 bits per heavy atom. The molecule has 0 radical (unpaired) electrons. The first-order chi connectivity index (χ1) is 14.7. The molecule has 2 amide bonds. The molecule has 1 N–H and O–H groups in total. The first kappa shape index (κ1) is 22.0. The molecular weight excluding hydrogens is 438 g/mol. The third kappa shape index (κ3) is 4.13. The molecule has 7 nitrogen and oxygen atoms in total. The Balaban J connectivity index is 1.45. The topological polar surface area (TPSA) is 79.2 Å². The summed E-state index contributed by atoms with van der Waals surface area (Å²) in [5.74, 6) is -0.484. The van der Waals surface area contributed by atoms with Crippen molar-refractivity contribution in [1.29, 1.82) is 0 Å². The number of hydrogen-bond acceptors (Lipinski definition) is 4. The number of nitrogens with one attached hydrogen (secondary N) is 1. The maximum absolute atomic E-state index is 13.0. The second-order valence-corrected chi connectivity index (χ2v) is 10.5. The van der Waals surface area contributed by atoms with Crippen molar-refractivity contribution in [2.45, 2.75) is 31.2 Å². The molecule has 31 heavy (non-hydrogen) atoms. The molecule has 2 aromatic carbocycles. The van der Waals surface area contributed by atoms with E-state index in [4.69, 9.17) is 11.6 Å². The van der Waals surface area contributed by atoms with Crippen LogP contribution in [0.25, 0.3) is 0 Å². The zero-order valence-electron chi connectivity index (χ0n) is 17.5. The van der Waals surface area contributed by atoms with Crippen molar-refractivity contribution in [3.8, 4) is 0 Å². The van der Waals surface area contributed by atoms with Gasteiger partial charge in [0, 0.05) is 5.02 Å². The van der Waals surface area contributed by atoms with Crippen LogP contribution in [0.2, 0.25) is 5.02 Å². The highest BCUT2D eigenvalue weighted by Gasteiger charge is 2.47. The minimum Gasteiger partial charge on any atom is -0.322 e. The van der Waals surface area contributed by atoms with E-state index in [0.29, 0.717) is 41.8 Å². The van der Waals surface area contributed by atoms with Crippen molar-refractivity contribution >= 4 is 39.1 Å². The Kier molecular flexibility index (Phi) is 5.91. The number of piperazine rings is 1. The summed E-state index contributed by atoms with van der Waals surface area (Å²) < 4.78 is 27.5. The van der Waals surface area contributed by atoms with E-state index in [1.165, 1.54) is 9.21 Å². The van der Waals surface area contributed by atoms with Crippen LogP contribution >= 0.6 is 11.6 Å². The molecule has 0 unspecified atom stereocenters. The van der Waals surface area contributed by atoms with Gasteiger partial charge in [-0.25, -0.2) is 13.3 Å². The van der Waals surface area contributed by atoms with E-state index in [1.54, 1.807) is 36.4 Å². The van der Waals surface area contributed by atoms with Crippen LogP contribution in [-0.4, -0.2) is 56.8 Å². The van der Waals surface area contributed by atoms with Gasteiger partial charge in [0.05, 0.1) is 43.2 Å². The molecular formula is C22H25ClN3O4S+. The first-order valence-electron chi connectivity index (χ1n) is 10.2. The van der Waals surface area contributed by atoms with Gasteiger partial charge in [-0.2, -0.15) is 4.31 Å². The lowest BCUT2D eigenvalue weighted by molar-refractivity contribution is -0.918. The molecule has 2 aliphatic heterocycles. The highest BCUT2D eigenvalue weighted by molar-refractivity contribution is 7.89. The summed E-state index contributed by atoms with van der Waals surface area (Å²) in [5, 5.41) is 0.533. The average molecular weight is 463 g/mol. The number of sulfonamides is 1. The van der Waals surface area contributed by atoms with Gasteiger partial charge in [0.25, 0.3) is 5.91 Å². The second kappa shape index (κ2) is 8.35. The van der Waals surface area contributed by atoms with E-state index in [1.807, 2.05) is 19.9 Å². The Morgan fingerprint density at radius 2 is 1.61 bits per heavy atom. The van der Waals surface area contributed by atoms with E-state index in [0.717, 1.165) is 16.0 Å². The normalized spacial score (nSPS) is 21.1. The van der Waals surface area contributed by atoms with Gasteiger partial charge in [-0.1, -0.05) is 17.7 Å². The van der Waals surface area contributed by atoms with Crippen LogP contribution in [0.3, 0.4) is 0 Å². The van der Waals surface area contributed by atoms with Gasteiger partial charge in [0.15, 0.2) is 6.04 Å². The molecule has 2 fully saturated rings. The largest absolute Gasteiger partial charge is 0.322 e. The molecule has 2 aromatic rings.